The van der Waals surface area contributed by atoms with Gasteiger partial charge in [0.25, 0.3) is 0 Å². The molecule has 0 saturated heterocycles. The van der Waals surface area contributed by atoms with E-state index in [0.29, 0.717) is 0 Å². The predicted octanol–water partition coefficient (Wildman–Crippen LogP) is 3.31. The summed E-state index contributed by atoms with van der Waals surface area (Å²) in [6.07, 6.45) is 2.80. The molecule has 1 aromatic heterocycles. The quantitative estimate of drug-likeness (QED) is 0.785. The second-order valence-corrected chi connectivity index (χ2v) is 4.42. The van der Waals surface area contributed by atoms with E-state index in [1.165, 1.54) is 21.7 Å². The number of thiophene rings is 1. The van der Waals surface area contributed by atoms with Crippen LogP contribution in [0.4, 0.5) is 0 Å². The van der Waals surface area contributed by atoms with Crippen LogP contribution in [0.25, 0.3) is 16.2 Å². The molecule has 0 amide bonds. The zero-order valence-corrected chi connectivity index (χ0v) is 9.04. The van der Waals surface area contributed by atoms with E-state index in [1.807, 2.05) is 18.2 Å². The molecule has 0 aliphatic rings. The minimum atomic E-state index is -0.913. The van der Waals surface area contributed by atoms with Crippen LogP contribution in [0.15, 0.2) is 30.3 Å². The Morgan fingerprint density at radius 1 is 1.47 bits per heavy atom. The molecule has 2 nitrogen and oxygen atoms in total. The van der Waals surface area contributed by atoms with Gasteiger partial charge in [0.05, 0.1) is 0 Å². The SMILES string of the molecule is Cc1cccc2sc(/C=C/C(=O)O)cc12. The van der Waals surface area contributed by atoms with Crippen molar-refractivity contribution in [3.8, 4) is 0 Å². The molecule has 0 bridgehead atoms. The number of hydrogen-bond acceptors (Lipinski definition) is 2. The number of fused-ring (bicyclic) bond motifs is 1. The summed E-state index contributed by atoms with van der Waals surface area (Å²) < 4.78 is 1.19. The lowest BCUT2D eigenvalue weighted by Gasteiger charge is -1.91. The fourth-order valence-corrected chi connectivity index (χ4v) is 2.51. The number of carboxylic acid groups (broad SMARTS) is 1. The second-order valence-electron chi connectivity index (χ2n) is 3.31. The second kappa shape index (κ2) is 3.87. The molecule has 0 spiro atoms. The smallest absolute Gasteiger partial charge is 0.328 e. The van der Waals surface area contributed by atoms with Gasteiger partial charge in [-0.05, 0) is 36.1 Å². The molecule has 2 rings (SSSR count). The molecule has 15 heavy (non-hydrogen) atoms. The lowest BCUT2D eigenvalue weighted by molar-refractivity contribution is -0.131. The van der Waals surface area contributed by atoms with E-state index in [0.717, 1.165) is 4.88 Å². The number of carbonyl (C=O) groups is 1. The summed E-state index contributed by atoms with van der Waals surface area (Å²) in [6, 6.07) is 8.14. The predicted molar refractivity (Wildman–Crippen MR) is 63.2 cm³/mol. The Morgan fingerprint density at radius 3 is 2.93 bits per heavy atom. The summed E-state index contributed by atoms with van der Waals surface area (Å²) in [5, 5.41) is 9.72. The Hall–Kier alpha value is -1.61. The van der Waals surface area contributed by atoms with Crippen molar-refractivity contribution in [3.05, 3.63) is 40.8 Å². The van der Waals surface area contributed by atoms with Crippen molar-refractivity contribution in [2.75, 3.05) is 0 Å². The first-order valence-corrected chi connectivity index (χ1v) is 5.38. The summed E-state index contributed by atoms with van der Waals surface area (Å²) in [4.78, 5) is 11.3. The van der Waals surface area contributed by atoms with Gasteiger partial charge >= 0.3 is 5.97 Å². The maximum absolute atomic E-state index is 10.4. The van der Waals surface area contributed by atoms with E-state index >= 15 is 0 Å². The van der Waals surface area contributed by atoms with E-state index in [4.69, 9.17) is 5.11 Å². The Bertz CT molecular complexity index is 538. The zero-order chi connectivity index (χ0) is 10.8. The van der Waals surface area contributed by atoms with E-state index in [2.05, 4.69) is 13.0 Å². The average Bonchev–Trinajstić information content (AvgIpc) is 2.59. The van der Waals surface area contributed by atoms with E-state index < -0.39 is 5.97 Å². The van der Waals surface area contributed by atoms with E-state index in [-0.39, 0.29) is 0 Å². The topological polar surface area (TPSA) is 37.3 Å². The molecule has 1 aromatic carbocycles. The van der Waals surface area contributed by atoms with Crippen LogP contribution >= 0.6 is 11.3 Å². The molecule has 0 unspecified atom stereocenters. The normalized spacial score (nSPS) is 11.3. The van der Waals surface area contributed by atoms with Crippen LogP contribution in [0.3, 0.4) is 0 Å². The third-order valence-corrected chi connectivity index (χ3v) is 3.25. The van der Waals surface area contributed by atoms with Gasteiger partial charge in [-0.15, -0.1) is 11.3 Å². The molecule has 0 aliphatic carbocycles. The van der Waals surface area contributed by atoms with Gasteiger partial charge in [0.2, 0.25) is 0 Å². The largest absolute Gasteiger partial charge is 0.478 e. The lowest BCUT2D eigenvalue weighted by Crippen LogP contribution is -1.84. The standard InChI is InChI=1S/C12H10O2S/c1-8-3-2-4-11-10(8)7-9(15-11)5-6-12(13)14/h2-7H,1H3,(H,13,14)/b6-5+. The Balaban J connectivity index is 2.48. The van der Waals surface area contributed by atoms with Gasteiger partial charge in [0.15, 0.2) is 0 Å². The highest BCUT2D eigenvalue weighted by molar-refractivity contribution is 7.19. The number of hydrogen-bond donors (Lipinski definition) is 1. The summed E-state index contributed by atoms with van der Waals surface area (Å²) in [6.45, 7) is 2.06. The van der Waals surface area contributed by atoms with Crippen LogP contribution in [0, 0.1) is 6.92 Å². The molecule has 0 fully saturated rings. The summed E-state index contributed by atoms with van der Waals surface area (Å²) in [7, 11) is 0. The van der Waals surface area contributed by atoms with Gasteiger partial charge in [-0.25, -0.2) is 4.79 Å². The van der Waals surface area contributed by atoms with Crippen molar-refractivity contribution in [1.82, 2.24) is 0 Å². The summed E-state index contributed by atoms with van der Waals surface area (Å²) in [5.74, 6) is -0.913. The minimum Gasteiger partial charge on any atom is -0.478 e. The van der Waals surface area contributed by atoms with Gasteiger partial charge in [-0.1, -0.05) is 12.1 Å². The number of rotatable bonds is 2. The van der Waals surface area contributed by atoms with Crippen LogP contribution in [-0.4, -0.2) is 11.1 Å². The molecule has 1 N–H and O–H groups in total. The molecule has 0 saturated carbocycles. The van der Waals surface area contributed by atoms with Gasteiger partial charge in [-0.2, -0.15) is 0 Å². The molecular formula is C12H10O2S. The van der Waals surface area contributed by atoms with Gasteiger partial charge in [0, 0.05) is 15.7 Å². The first-order chi connectivity index (χ1) is 7.16. The van der Waals surface area contributed by atoms with Crippen LogP contribution in [0.1, 0.15) is 10.4 Å². The summed E-state index contributed by atoms with van der Waals surface area (Å²) >= 11 is 1.60. The average molecular weight is 218 g/mol. The molecule has 2 aromatic rings. The Morgan fingerprint density at radius 2 is 2.27 bits per heavy atom. The summed E-state index contributed by atoms with van der Waals surface area (Å²) in [5.41, 5.74) is 1.22. The van der Waals surface area contributed by atoms with Crippen LogP contribution in [-0.2, 0) is 4.79 Å². The van der Waals surface area contributed by atoms with Crippen molar-refractivity contribution in [2.45, 2.75) is 6.92 Å². The van der Waals surface area contributed by atoms with Gasteiger partial charge in [0.1, 0.15) is 0 Å². The molecule has 76 valence electrons. The van der Waals surface area contributed by atoms with Crippen molar-refractivity contribution < 1.29 is 9.90 Å². The van der Waals surface area contributed by atoms with E-state index in [1.54, 1.807) is 17.4 Å². The van der Waals surface area contributed by atoms with Crippen LogP contribution in [0.5, 0.6) is 0 Å². The first kappa shape index (κ1) is 9.93. The maximum atomic E-state index is 10.4. The first-order valence-electron chi connectivity index (χ1n) is 4.57. The molecule has 3 heteroatoms. The van der Waals surface area contributed by atoms with E-state index in [9.17, 15) is 4.79 Å². The highest BCUT2D eigenvalue weighted by Crippen LogP contribution is 2.28. The zero-order valence-electron chi connectivity index (χ0n) is 8.23. The maximum Gasteiger partial charge on any atom is 0.328 e. The third-order valence-electron chi connectivity index (χ3n) is 2.19. The molecule has 1 heterocycles. The number of aliphatic carboxylic acids is 1. The van der Waals surface area contributed by atoms with Crippen molar-refractivity contribution >= 4 is 33.5 Å². The number of benzene rings is 1. The van der Waals surface area contributed by atoms with Gasteiger partial charge in [-0.3, -0.25) is 0 Å². The fourth-order valence-electron chi connectivity index (χ4n) is 1.46. The Kier molecular flexibility index (Phi) is 2.56. The van der Waals surface area contributed by atoms with Crippen LogP contribution in [0.2, 0.25) is 0 Å². The highest BCUT2D eigenvalue weighted by atomic mass is 32.1. The van der Waals surface area contributed by atoms with Crippen molar-refractivity contribution in [2.24, 2.45) is 0 Å². The minimum absolute atomic E-state index is 0.913. The monoisotopic (exact) mass is 218 g/mol. The Labute approximate surface area is 91.5 Å². The number of aryl methyl sites for hydroxylation is 1. The molecule has 0 atom stereocenters. The van der Waals surface area contributed by atoms with Crippen molar-refractivity contribution in [3.63, 3.8) is 0 Å². The molecule has 0 radical (unpaired) electrons. The number of carboxylic acids is 1. The molecule has 0 aliphatic heterocycles. The van der Waals surface area contributed by atoms with Crippen LogP contribution < -0.4 is 0 Å². The highest BCUT2D eigenvalue weighted by Gasteiger charge is 2.01. The van der Waals surface area contributed by atoms with Gasteiger partial charge < -0.3 is 5.11 Å². The third kappa shape index (κ3) is 2.07. The molecular weight excluding hydrogens is 208 g/mol. The van der Waals surface area contributed by atoms with Crippen molar-refractivity contribution in [1.29, 1.82) is 0 Å². The lowest BCUT2D eigenvalue weighted by atomic mass is 10.1. The fraction of sp³-hybridized carbons (Fsp3) is 0.0833.